The lowest BCUT2D eigenvalue weighted by Crippen LogP contribution is -1.99. The van der Waals surface area contributed by atoms with Crippen LogP contribution in [0.1, 0.15) is 11.1 Å². The van der Waals surface area contributed by atoms with Gasteiger partial charge in [0.1, 0.15) is 0 Å². The Morgan fingerprint density at radius 1 is 1.05 bits per heavy atom. The van der Waals surface area contributed by atoms with E-state index >= 15 is 0 Å². The highest BCUT2D eigenvalue weighted by Crippen LogP contribution is 2.27. The molecule has 0 bridgehead atoms. The minimum Gasteiger partial charge on any atom is -0.478 e. The SMILES string of the molecule is NCc1ccccc1-c1ccccc1/C=C/C(=O)O. The molecule has 0 atom stereocenters. The average Bonchev–Trinajstić information content (AvgIpc) is 2.45. The molecule has 3 nitrogen and oxygen atoms in total. The highest BCUT2D eigenvalue weighted by molar-refractivity contribution is 5.88. The van der Waals surface area contributed by atoms with E-state index in [-0.39, 0.29) is 0 Å². The van der Waals surface area contributed by atoms with Gasteiger partial charge in [-0.1, -0.05) is 48.5 Å². The molecule has 0 heterocycles. The lowest BCUT2D eigenvalue weighted by molar-refractivity contribution is -0.131. The summed E-state index contributed by atoms with van der Waals surface area (Å²) in [4.78, 5) is 10.6. The number of benzene rings is 2. The third kappa shape index (κ3) is 3.09. The van der Waals surface area contributed by atoms with Crippen LogP contribution in [0.4, 0.5) is 0 Å². The molecule has 0 amide bonds. The van der Waals surface area contributed by atoms with Crippen LogP contribution in [0.3, 0.4) is 0 Å². The van der Waals surface area contributed by atoms with E-state index < -0.39 is 5.97 Å². The monoisotopic (exact) mass is 253 g/mol. The van der Waals surface area contributed by atoms with E-state index in [2.05, 4.69) is 0 Å². The van der Waals surface area contributed by atoms with Gasteiger partial charge in [0.05, 0.1) is 0 Å². The van der Waals surface area contributed by atoms with Gasteiger partial charge in [-0.25, -0.2) is 4.79 Å². The summed E-state index contributed by atoms with van der Waals surface area (Å²) in [6.45, 7) is 0.452. The van der Waals surface area contributed by atoms with Crippen LogP contribution < -0.4 is 5.73 Å². The average molecular weight is 253 g/mol. The van der Waals surface area contributed by atoms with E-state index in [0.29, 0.717) is 6.54 Å². The molecule has 19 heavy (non-hydrogen) atoms. The number of carboxylic acid groups (broad SMARTS) is 1. The zero-order valence-corrected chi connectivity index (χ0v) is 10.4. The van der Waals surface area contributed by atoms with Gasteiger partial charge < -0.3 is 10.8 Å². The molecular weight excluding hydrogens is 238 g/mol. The van der Waals surface area contributed by atoms with Crippen molar-refractivity contribution in [3.63, 3.8) is 0 Å². The van der Waals surface area contributed by atoms with Crippen LogP contribution in [0.15, 0.2) is 54.6 Å². The molecule has 96 valence electrons. The van der Waals surface area contributed by atoms with Crippen LogP contribution >= 0.6 is 0 Å². The highest BCUT2D eigenvalue weighted by atomic mass is 16.4. The molecule has 0 spiro atoms. The van der Waals surface area contributed by atoms with Crippen LogP contribution in [-0.4, -0.2) is 11.1 Å². The first-order valence-electron chi connectivity index (χ1n) is 6.00. The standard InChI is InChI=1S/C16H15NO2/c17-11-13-6-2-4-8-15(13)14-7-3-1-5-12(14)9-10-16(18)19/h1-10H,11,17H2,(H,18,19)/b10-9+. The van der Waals surface area contributed by atoms with Crippen LogP contribution in [-0.2, 0) is 11.3 Å². The van der Waals surface area contributed by atoms with Crippen molar-refractivity contribution in [1.82, 2.24) is 0 Å². The first-order chi connectivity index (χ1) is 9.22. The Morgan fingerprint density at radius 2 is 1.68 bits per heavy atom. The van der Waals surface area contributed by atoms with Gasteiger partial charge in [0.25, 0.3) is 0 Å². The number of carbonyl (C=O) groups is 1. The molecule has 0 aliphatic heterocycles. The van der Waals surface area contributed by atoms with Crippen molar-refractivity contribution >= 4 is 12.0 Å². The Hall–Kier alpha value is -2.39. The molecule has 3 N–H and O–H groups in total. The molecule has 2 aromatic carbocycles. The third-order valence-electron chi connectivity index (χ3n) is 2.89. The van der Waals surface area contributed by atoms with Gasteiger partial charge in [-0.3, -0.25) is 0 Å². The number of hydrogen-bond acceptors (Lipinski definition) is 2. The first-order valence-corrected chi connectivity index (χ1v) is 6.00. The lowest BCUT2D eigenvalue weighted by atomic mass is 9.95. The van der Waals surface area contributed by atoms with Crippen molar-refractivity contribution in [3.05, 3.63) is 65.7 Å². The fourth-order valence-electron chi connectivity index (χ4n) is 2.01. The molecule has 2 aromatic rings. The molecule has 0 aromatic heterocycles. The van der Waals surface area contributed by atoms with Crippen LogP contribution in [0.25, 0.3) is 17.2 Å². The molecule has 0 radical (unpaired) electrons. The zero-order valence-electron chi connectivity index (χ0n) is 10.4. The largest absolute Gasteiger partial charge is 0.478 e. The summed E-state index contributed by atoms with van der Waals surface area (Å²) in [6.07, 6.45) is 2.74. The molecular formula is C16H15NO2. The normalized spacial score (nSPS) is 10.8. The van der Waals surface area contributed by atoms with Gasteiger partial charge in [0.15, 0.2) is 0 Å². The van der Waals surface area contributed by atoms with Gasteiger partial charge in [-0.05, 0) is 28.3 Å². The van der Waals surface area contributed by atoms with Gasteiger partial charge in [0.2, 0.25) is 0 Å². The quantitative estimate of drug-likeness (QED) is 0.823. The number of carboxylic acids is 1. The lowest BCUT2D eigenvalue weighted by Gasteiger charge is -2.10. The van der Waals surface area contributed by atoms with Crippen LogP contribution in [0, 0.1) is 0 Å². The van der Waals surface area contributed by atoms with Gasteiger partial charge in [0, 0.05) is 12.6 Å². The summed E-state index contributed by atoms with van der Waals surface area (Å²) in [5.74, 6) is -0.957. The maximum Gasteiger partial charge on any atom is 0.328 e. The summed E-state index contributed by atoms with van der Waals surface area (Å²) in [6, 6.07) is 15.5. The number of hydrogen-bond donors (Lipinski definition) is 2. The molecule has 0 aliphatic carbocycles. The van der Waals surface area contributed by atoms with Crippen molar-refractivity contribution < 1.29 is 9.90 Å². The Labute approximate surface area is 112 Å². The summed E-state index contributed by atoms with van der Waals surface area (Å²) in [5.41, 5.74) is 9.68. The Kier molecular flexibility index (Phi) is 4.11. The van der Waals surface area contributed by atoms with Crippen LogP contribution in [0.5, 0.6) is 0 Å². The maximum atomic E-state index is 10.6. The third-order valence-corrected chi connectivity index (χ3v) is 2.89. The molecule has 0 fully saturated rings. The van der Waals surface area contributed by atoms with Crippen molar-refractivity contribution in [2.24, 2.45) is 5.73 Å². The number of rotatable bonds is 4. The molecule has 2 rings (SSSR count). The maximum absolute atomic E-state index is 10.6. The predicted molar refractivity (Wildman–Crippen MR) is 76.4 cm³/mol. The molecule has 0 aliphatic rings. The Bertz CT molecular complexity index is 618. The number of aliphatic carboxylic acids is 1. The first kappa shape index (κ1) is 13.1. The van der Waals surface area contributed by atoms with Gasteiger partial charge in [-0.2, -0.15) is 0 Å². The van der Waals surface area contributed by atoms with E-state index in [1.54, 1.807) is 6.08 Å². The fraction of sp³-hybridized carbons (Fsp3) is 0.0625. The second-order valence-corrected chi connectivity index (χ2v) is 4.12. The second-order valence-electron chi connectivity index (χ2n) is 4.12. The van der Waals surface area contributed by atoms with Crippen molar-refractivity contribution in [2.45, 2.75) is 6.54 Å². The van der Waals surface area contributed by atoms with E-state index in [9.17, 15) is 4.79 Å². The molecule has 0 saturated carbocycles. The summed E-state index contributed by atoms with van der Waals surface area (Å²) < 4.78 is 0. The van der Waals surface area contributed by atoms with E-state index in [1.807, 2.05) is 48.5 Å². The summed E-state index contributed by atoms with van der Waals surface area (Å²) in [5, 5.41) is 8.73. The molecule has 3 heteroatoms. The Morgan fingerprint density at radius 3 is 2.37 bits per heavy atom. The minimum absolute atomic E-state index is 0.452. The van der Waals surface area contributed by atoms with Crippen molar-refractivity contribution in [1.29, 1.82) is 0 Å². The highest BCUT2D eigenvalue weighted by Gasteiger charge is 2.06. The van der Waals surface area contributed by atoms with Crippen LogP contribution in [0.2, 0.25) is 0 Å². The molecule has 0 saturated heterocycles. The summed E-state index contributed by atoms with van der Waals surface area (Å²) in [7, 11) is 0. The second kappa shape index (κ2) is 5.98. The smallest absolute Gasteiger partial charge is 0.328 e. The number of nitrogens with two attached hydrogens (primary N) is 1. The van der Waals surface area contributed by atoms with Gasteiger partial charge >= 0.3 is 5.97 Å². The van der Waals surface area contributed by atoms with E-state index in [4.69, 9.17) is 10.8 Å². The minimum atomic E-state index is -0.957. The Balaban J connectivity index is 2.53. The van der Waals surface area contributed by atoms with E-state index in [1.165, 1.54) is 0 Å². The zero-order chi connectivity index (χ0) is 13.7. The topological polar surface area (TPSA) is 63.3 Å². The molecule has 0 unspecified atom stereocenters. The fourth-order valence-corrected chi connectivity index (χ4v) is 2.01. The predicted octanol–water partition coefficient (Wildman–Crippen LogP) is 2.91. The van der Waals surface area contributed by atoms with Crippen molar-refractivity contribution in [2.75, 3.05) is 0 Å². The van der Waals surface area contributed by atoms with Crippen molar-refractivity contribution in [3.8, 4) is 11.1 Å². The van der Waals surface area contributed by atoms with E-state index in [0.717, 1.165) is 28.3 Å². The summed E-state index contributed by atoms with van der Waals surface area (Å²) >= 11 is 0. The van der Waals surface area contributed by atoms with Gasteiger partial charge in [-0.15, -0.1) is 0 Å².